The molecule has 12 heavy (non-hydrogen) atoms. The maximum absolute atomic E-state index is 10.4. The molecule has 0 aliphatic carbocycles. The zero-order chi connectivity index (χ0) is 9.40. The Morgan fingerprint density at radius 3 is 1.50 bits per heavy atom. The molecular formula is C6H10O6. The molecule has 0 spiro atoms. The minimum atomic E-state index is -0.583. The van der Waals surface area contributed by atoms with Crippen LogP contribution in [0, 0.1) is 0 Å². The van der Waals surface area contributed by atoms with Crippen LogP contribution < -0.4 is 0 Å². The topological polar surface area (TPSA) is 71.1 Å². The van der Waals surface area contributed by atoms with E-state index in [1.54, 1.807) is 0 Å². The minimum Gasteiger partial charge on any atom is -0.467 e. The van der Waals surface area contributed by atoms with Crippen molar-refractivity contribution in [3.63, 3.8) is 0 Å². The zero-order valence-corrected chi connectivity index (χ0v) is 6.86. The van der Waals surface area contributed by atoms with E-state index >= 15 is 0 Å². The molecule has 6 nitrogen and oxygen atoms in total. The monoisotopic (exact) mass is 178 g/mol. The van der Waals surface area contributed by atoms with Crippen molar-refractivity contribution in [2.24, 2.45) is 0 Å². The lowest BCUT2D eigenvalue weighted by Gasteiger charge is -2.00. The van der Waals surface area contributed by atoms with Crippen molar-refractivity contribution < 1.29 is 28.8 Å². The summed E-state index contributed by atoms with van der Waals surface area (Å²) in [4.78, 5) is 29.3. The van der Waals surface area contributed by atoms with Gasteiger partial charge in [-0.2, -0.15) is 0 Å². The van der Waals surface area contributed by atoms with Gasteiger partial charge in [0.15, 0.2) is 13.2 Å². The highest BCUT2D eigenvalue weighted by atomic mass is 17.2. The number of methoxy groups -OCH3 is 2. The van der Waals surface area contributed by atoms with Crippen molar-refractivity contribution in [2.75, 3.05) is 27.4 Å². The fourth-order valence-electron chi connectivity index (χ4n) is 0.297. The van der Waals surface area contributed by atoms with Crippen LogP contribution in [0.5, 0.6) is 0 Å². The van der Waals surface area contributed by atoms with E-state index in [9.17, 15) is 9.59 Å². The summed E-state index contributed by atoms with van der Waals surface area (Å²) in [7, 11) is 2.43. The zero-order valence-electron chi connectivity index (χ0n) is 6.86. The van der Waals surface area contributed by atoms with Crippen LogP contribution in [0.1, 0.15) is 0 Å². The molecule has 0 heterocycles. The van der Waals surface area contributed by atoms with Crippen LogP contribution in [0.15, 0.2) is 0 Å². The molecule has 0 atom stereocenters. The van der Waals surface area contributed by atoms with Gasteiger partial charge in [-0.25, -0.2) is 19.4 Å². The summed E-state index contributed by atoms with van der Waals surface area (Å²) in [5, 5.41) is 0. The molecule has 0 radical (unpaired) electrons. The summed E-state index contributed by atoms with van der Waals surface area (Å²) >= 11 is 0. The molecule has 0 aromatic carbocycles. The lowest BCUT2D eigenvalue weighted by Crippen LogP contribution is -2.15. The highest BCUT2D eigenvalue weighted by molar-refractivity contribution is 5.71. The first kappa shape index (κ1) is 10.9. The Kier molecular flexibility index (Phi) is 5.94. The second-order valence-corrected chi connectivity index (χ2v) is 1.68. The first-order chi connectivity index (χ1) is 5.70. The van der Waals surface area contributed by atoms with Crippen LogP contribution in [0.4, 0.5) is 0 Å². The molecule has 0 saturated carbocycles. The second-order valence-electron chi connectivity index (χ2n) is 1.68. The van der Waals surface area contributed by atoms with Gasteiger partial charge in [-0.15, -0.1) is 0 Å². The van der Waals surface area contributed by atoms with Gasteiger partial charge in [-0.1, -0.05) is 0 Å². The SMILES string of the molecule is COC(=O)COOCC(=O)OC. The maximum Gasteiger partial charge on any atom is 0.335 e. The van der Waals surface area contributed by atoms with Gasteiger partial charge < -0.3 is 9.47 Å². The standard InChI is InChI=1S/C6H10O6/c1-9-5(7)3-11-12-4-6(8)10-2/h3-4H2,1-2H3. The van der Waals surface area contributed by atoms with Crippen molar-refractivity contribution in [3.05, 3.63) is 0 Å². The molecule has 0 bridgehead atoms. The third kappa shape index (κ3) is 5.63. The second kappa shape index (κ2) is 6.56. The quantitative estimate of drug-likeness (QED) is 0.239. The Bertz CT molecular complexity index is 136. The molecule has 0 aromatic heterocycles. The fourth-order valence-corrected chi connectivity index (χ4v) is 0.297. The van der Waals surface area contributed by atoms with Crippen LogP contribution in [0.3, 0.4) is 0 Å². The van der Waals surface area contributed by atoms with Gasteiger partial charge in [0.25, 0.3) is 0 Å². The average Bonchev–Trinajstić information content (AvgIpc) is 2.11. The summed E-state index contributed by atoms with van der Waals surface area (Å²) in [5.41, 5.74) is 0. The van der Waals surface area contributed by atoms with E-state index in [1.165, 1.54) is 14.2 Å². The van der Waals surface area contributed by atoms with Crippen molar-refractivity contribution in [2.45, 2.75) is 0 Å². The van der Waals surface area contributed by atoms with Gasteiger partial charge in [0.2, 0.25) is 0 Å². The molecule has 0 aromatic rings. The summed E-state index contributed by atoms with van der Waals surface area (Å²) in [6, 6.07) is 0. The normalized spacial score (nSPS) is 9.17. The Balaban J connectivity index is 3.21. The lowest BCUT2D eigenvalue weighted by molar-refractivity contribution is -0.290. The fraction of sp³-hybridized carbons (Fsp3) is 0.667. The molecule has 0 N–H and O–H groups in total. The molecule has 0 rings (SSSR count). The minimum absolute atomic E-state index is 0.354. The largest absolute Gasteiger partial charge is 0.467 e. The van der Waals surface area contributed by atoms with Crippen LogP contribution in [-0.2, 0) is 28.8 Å². The van der Waals surface area contributed by atoms with Gasteiger partial charge >= 0.3 is 11.9 Å². The highest BCUT2D eigenvalue weighted by Gasteiger charge is 2.03. The van der Waals surface area contributed by atoms with E-state index in [0.717, 1.165) is 0 Å². The Labute approximate surface area is 69.3 Å². The van der Waals surface area contributed by atoms with Gasteiger partial charge in [-0.3, -0.25) is 0 Å². The van der Waals surface area contributed by atoms with Crippen molar-refractivity contribution >= 4 is 11.9 Å². The smallest absolute Gasteiger partial charge is 0.335 e. The van der Waals surface area contributed by atoms with Crippen molar-refractivity contribution in [1.82, 2.24) is 0 Å². The van der Waals surface area contributed by atoms with E-state index < -0.39 is 11.9 Å². The molecule has 0 amide bonds. The van der Waals surface area contributed by atoms with Crippen LogP contribution in [0.25, 0.3) is 0 Å². The Morgan fingerprint density at radius 1 is 0.917 bits per heavy atom. The van der Waals surface area contributed by atoms with Gasteiger partial charge in [0.1, 0.15) is 0 Å². The third-order valence-corrected chi connectivity index (χ3v) is 0.892. The van der Waals surface area contributed by atoms with Gasteiger partial charge in [-0.05, 0) is 0 Å². The summed E-state index contributed by atoms with van der Waals surface area (Å²) < 4.78 is 8.45. The summed E-state index contributed by atoms with van der Waals surface area (Å²) in [6.07, 6.45) is 0. The van der Waals surface area contributed by atoms with Crippen molar-refractivity contribution in [1.29, 1.82) is 0 Å². The number of carbonyl (C=O) groups is 2. The van der Waals surface area contributed by atoms with E-state index in [0.29, 0.717) is 0 Å². The summed E-state index contributed by atoms with van der Waals surface area (Å²) in [6.45, 7) is -0.707. The Morgan fingerprint density at radius 2 is 1.25 bits per heavy atom. The lowest BCUT2D eigenvalue weighted by atomic mass is 10.7. The predicted octanol–water partition coefficient (Wildman–Crippen LogP) is -0.719. The van der Waals surface area contributed by atoms with E-state index in [2.05, 4.69) is 19.2 Å². The molecular weight excluding hydrogens is 168 g/mol. The number of rotatable bonds is 5. The molecule has 0 unspecified atom stereocenters. The van der Waals surface area contributed by atoms with E-state index in [-0.39, 0.29) is 13.2 Å². The van der Waals surface area contributed by atoms with Gasteiger partial charge in [0, 0.05) is 0 Å². The van der Waals surface area contributed by atoms with Crippen LogP contribution in [-0.4, -0.2) is 39.4 Å². The number of esters is 2. The third-order valence-electron chi connectivity index (χ3n) is 0.892. The molecule has 0 saturated heterocycles. The highest BCUT2D eigenvalue weighted by Crippen LogP contribution is 1.82. The van der Waals surface area contributed by atoms with E-state index in [1.807, 2.05) is 0 Å². The van der Waals surface area contributed by atoms with Crippen molar-refractivity contribution in [3.8, 4) is 0 Å². The molecule has 0 aliphatic rings. The van der Waals surface area contributed by atoms with E-state index in [4.69, 9.17) is 0 Å². The van der Waals surface area contributed by atoms with Crippen LogP contribution in [0.2, 0.25) is 0 Å². The maximum atomic E-state index is 10.4. The Hall–Kier alpha value is -1.14. The average molecular weight is 178 g/mol. The predicted molar refractivity (Wildman–Crippen MR) is 35.9 cm³/mol. The molecule has 70 valence electrons. The molecule has 0 aliphatic heterocycles. The number of hydrogen-bond donors (Lipinski definition) is 0. The number of carbonyl (C=O) groups excluding carboxylic acids is 2. The first-order valence-electron chi connectivity index (χ1n) is 3.08. The molecule has 0 fully saturated rings. The van der Waals surface area contributed by atoms with Gasteiger partial charge in [0.05, 0.1) is 14.2 Å². The van der Waals surface area contributed by atoms with Crippen LogP contribution >= 0.6 is 0 Å². The first-order valence-corrected chi connectivity index (χ1v) is 3.08. The number of ether oxygens (including phenoxy) is 2. The number of hydrogen-bond acceptors (Lipinski definition) is 6. The summed E-state index contributed by atoms with van der Waals surface area (Å²) in [5.74, 6) is -1.17. The molecule has 6 heteroatoms.